The van der Waals surface area contributed by atoms with E-state index in [0.29, 0.717) is 37.6 Å². The van der Waals surface area contributed by atoms with E-state index in [1.807, 2.05) is 16.1 Å². The van der Waals surface area contributed by atoms with Crippen molar-refractivity contribution in [1.29, 1.82) is 5.26 Å². The number of halogens is 3. The summed E-state index contributed by atoms with van der Waals surface area (Å²) in [4.78, 5) is 34.2. The number of morpholine rings is 1. The summed E-state index contributed by atoms with van der Waals surface area (Å²) in [5, 5.41) is 14.3. The Bertz CT molecular complexity index is 1120. The number of amides is 1. The molecule has 2 saturated heterocycles. The molecule has 10 nitrogen and oxygen atoms in total. The Morgan fingerprint density at radius 2 is 1.97 bits per heavy atom. The zero-order valence-corrected chi connectivity index (χ0v) is 18.1. The fraction of sp³-hybridized carbons (Fsp3) is 0.476. The number of carbonyl (C=O) groups is 1. The van der Waals surface area contributed by atoms with Crippen molar-refractivity contribution in [3.05, 3.63) is 46.0 Å². The topological polar surface area (TPSA) is 118 Å². The number of alkyl halides is 3. The fourth-order valence-electron chi connectivity index (χ4n) is 4.18. The zero-order chi connectivity index (χ0) is 24.3. The van der Waals surface area contributed by atoms with Gasteiger partial charge in [0.1, 0.15) is 17.5 Å². The van der Waals surface area contributed by atoms with Gasteiger partial charge in [0.2, 0.25) is 5.91 Å². The molecule has 0 radical (unpaired) electrons. The Morgan fingerprint density at radius 3 is 2.62 bits per heavy atom. The van der Waals surface area contributed by atoms with E-state index in [-0.39, 0.29) is 37.8 Å². The van der Waals surface area contributed by atoms with Crippen LogP contribution in [0.5, 0.6) is 0 Å². The first-order valence-electron chi connectivity index (χ1n) is 10.7. The van der Waals surface area contributed by atoms with Crippen molar-refractivity contribution in [3.63, 3.8) is 0 Å². The van der Waals surface area contributed by atoms with Crippen LogP contribution >= 0.6 is 0 Å². The van der Waals surface area contributed by atoms with Crippen molar-refractivity contribution < 1.29 is 22.7 Å². The molecule has 2 aromatic heterocycles. The summed E-state index contributed by atoms with van der Waals surface area (Å²) in [6.07, 6.45) is -2.46. The van der Waals surface area contributed by atoms with E-state index in [4.69, 9.17) is 10.00 Å². The minimum absolute atomic E-state index is 0.0563. The van der Waals surface area contributed by atoms with Gasteiger partial charge in [-0.15, -0.1) is 0 Å². The molecule has 13 heteroatoms. The van der Waals surface area contributed by atoms with Crippen LogP contribution in [0.2, 0.25) is 0 Å². The van der Waals surface area contributed by atoms with Crippen LogP contribution in [-0.2, 0) is 15.7 Å². The van der Waals surface area contributed by atoms with Crippen LogP contribution in [0.3, 0.4) is 0 Å². The maximum atomic E-state index is 13.6. The average Bonchev–Trinajstić information content (AvgIpc) is 2.83. The van der Waals surface area contributed by atoms with E-state index < -0.39 is 23.3 Å². The van der Waals surface area contributed by atoms with Gasteiger partial charge in [0, 0.05) is 45.3 Å². The smallest absolute Gasteiger partial charge is 0.377 e. The van der Waals surface area contributed by atoms with E-state index in [9.17, 15) is 22.8 Å². The largest absolute Gasteiger partial charge is 0.423 e. The number of piperazine rings is 1. The predicted octanol–water partition coefficient (Wildman–Crippen LogP) is 0.999. The predicted molar refractivity (Wildman–Crippen MR) is 114 cm³/mol. The normalized spacial score (nSPS) is 19.1. The summed E-state index contributed by atoms with van der Waals surface area (Å²) in [5.41, 5.74) is -2.55. The highest BCUT2D eigenvalue weighted by Gasteiger charge is 2.41. The lowest BCUT2D eigenvalue weighted by Gasteiger charge is -2.40. The number of nitrogens with one attached hydrogen (secondary N) is 1. The standard InChI is InChI=1S/C21H22F3N7O3/c22-21(23,24)19-16(12-27-28-20(19)33)31-7-8-34-13-15(31)9-18(32)30-5-3-29(4-6-30)17-2-1-14(10-25)11-26-17/h1-2,11-12,15H,3-9,13H2,(H,28,33). The van der Waals surface area contributed by atoms with Gasteiger partial charge >= 0.3 is 6.18 Å². The number of rotatable bonds is 4. The third-order valence-corrected chi connectivity index (χ3v) is 5.90. The Kier molecular flexibility index (Phi) is 6.69. The number of hydrogen-bond donors (Lipinski definition) is 1. The lowest BCUT2D eigenvalue weighted by molar-refractivity contribution is -0.138. The molecule has 2 aliphatic heterocycles. The molecule has 1 amide bonds. The first-order valence-corrected chi connectivity index (χ1v) is 10.7. The average molecular weight is 477 g/mol. The SMILES string of the molecule is N#Cc1ccc(N2CCN(C(=O)CC3COCCN3c3cn[nH]c(=O)c3C(F)(F)F)CC2)nc1. The molecule has 0 bridgehead atoms. The molecule has 4 heterocycles. The number of H-pyrrole nitrogens is 1. The van der Waals surface area contributed by atoms with Crippen molar-refractivity contribution in [2.45, 2.75) is 18.6 Å². The first kappa shape index (κ1) is 23.5. The number of hydrogen-bond acceptors (Lipinski definition) is 8. The number of nitrogens with zero attached hydrogens (tertiary/aromatic N) is 6. The number of pyridine rings is 1. The summed E-state index contributed by atoms with van der Waals surface area (Å²) in [6.45, 7) is 2.25. The van der Waals surface area contributed by atoms with Gasteiger partial charge in [0.05, 0.1) is 36.7 Å². The van der Waals surface area contributed by atoms with Crippen LogP contribution < -0.4 is 15.4 Å². The van der Waals surface area contributed by atoms with Crippen molar-refractivity contribution >= 4 is 17.4 Å². The molecule has 0 aromatic carbocycles. The Hall–Kier alpha value is -3.66. The van der Waals surface area contributed by atoms with Crippen LogP contribution in [-0.4, -0.2) is 78.0 Å². The number of carbonyl (C=O) groups excluding carboxylic acids is 1. The van der Waals surface area contributed by atoms with Crippen molar-refractivity contribution in [1.82, 2.24) is 20.1 Å². The summed E-state index contributed by atoms with van der Waals surface area (Å²) in [6, 6.07) is 4.78. The molecule has 0 spiro atoms. The number of anilines is 2. The summed E-state index contributed by atoms with van der Waals surface area (Å²) < 4.78 is 46.1. The van der Waals surface area contributed by atoms with Gasteiger partial charge in [-0.1, -0.05) is 0 Å². The van der Waals surface area contributed by atoms with E-state index in [1.165, 1.54) is 11.1 Å². The lowest BCUT2D eigenvalue weighted by Crippen LogP contribution is -2.53. The van der Waals surface area contributed by atoms with Gasteiger partial charge in [-0.3, -0.25) is 9.59 Å². The van der Waals surface area contributed by atoms with Gasteiger partial charge in [-0.05, 0) is 12.1 Å². The highest BCUT2D eigenvalue weighted by atomic mass is 19.4. The fourth-order valence-corrected chi connectivity index (χ4v) is 4.18. The molecule has 180 valence electrons. The summed E-state index contributed by atoms with van der Waals surface area (Å²) >= 11 is 0. The van der Waals surface area contributed by atoms with Gasteiger partial charge in [0.25, 0.3) is 5.56 Å². The van der Waals surface area contributed by atoms with Gasteiger partial charge in [-0.25, -0.2) is 10.1 Å². The first-order chi connectivity index (χ1) is 16.3. The molecule has 1 N–H and O–H groups in total. The quantitative estimate of drug-likeness (QED) is 0.693. The third-order valence-electron chi connectivity index (χ3n) is 5.90. The lowest BCUT2D eigenvalue weighted by atomic mass is 10.1. The maximum absolute atomic E-state index is 13.6. The van der Waals surface area contributed by atoms with Crippen molar-refractivity contribution in [3.8, 4) is 6.07 Å². The second kappa shape index (κ2) is 9.68. The Balaban J connectivity index is 1.43. The van der Waals surface area contributed by atoms with Crippen molar-refractivity contribution in [2.75, 3.05) is 55.7 Å². The van der Waals surface area contributed by atoms with E-state index >= 15 is 0 Å². The number of aromatic nitrogens is 3. The van der Waals surface area contributed by atoms with E-state index in [1.54, 1.807) is 17.0 Å². The highest BCUT2D eigenvalue weighted by molar-refractivity contribution is 5.78. The maximum Gasteiger partial charge on any atom is 0.423 e. The highest BCUT2D eigenvalue weighted by Crippen LogP contribution is 2.35. The number of ether oxygens (including phenoxy) is 1. The van der Waals surface area contributed by atoms with E-state index in [2.05, 4.69) is 10.1 Å². The van der Waals surface area contributed by atoms with Gasteiger partial charge in [0.15, 0.2) is 0 Å². The summed E-state index contributed by atoms with van der Waals surface area (Å²) in [7, 11) is 0. The van der Waals surface area contributed by atoms with E-state index in [0.717, 1.165) is 6.20 Å². The molecule has 2 aromatic rings. The van der Waals surface area contributed by atoms with Crippen LogP contribution in [0.4, 0.5) is 24.7 Å². The Morgan fingerprint density at radius 1 is 1.21 bits per heavy atom. The van der Waals surface area contributed by atoms with Gasteiger partial charge < -0.3 is 19.4 Å². The van der Waals surface area contributed by atoms with Gasteiger partial charge in [-0.2, -0.15) is 23.5 Å². The molecule has 34 heavy (non-hydrogen) atoms. The minimum Gasteiger partial charge on any atom is -0.377 e. The molecule has 2 fully saturated rings. The molecule has 1 unspecified atom stereocenters. The second-order valence-corrected chi connectivity index (χ2v) is 7.97. The van der Waals surface area contributed by atoms with Crippen LogP contribution in [0.15, 0.2) is 29.3 Å². The summed E-state index contributed by atoms with van der Waals surface area (Å²) in [5.74, 6) is 0.499. The molecule has 4 rings (SSSR count). The van der Waals surface area contributed by atoms with Crippen LogP contribution in [0, 0.1) is 11.3 Å². The van der Waals surface area contributed by atoms with Crippen LogP contribution in [0.1, 0.15) is 17.5 Å². The molecule has 1 atom stereocenters. The second-order valence-electron chi connectivity index (χ2n) is 7.97. The third kappa shape index (κ3) is 4.96. The minimum atomic E-state index is -4.87. The Labute approximate surface area is 192 Å². The molecule has 0 saturated carbocycles. The monoisotopic (exact) mass is 477 g/mol. The van der Waals surface area contributed by atoms with Crippen LogP contribution in [0.25, 0.3) is 0 Å². The molecule has 0 aliphatic carbocycles. The number of nitriles is 1. The molecular formula is C21H22F3N7O3. The zero-order valence-electron chi connectivity index (χ0n) is 18.1. The number of aromatic amines is 1. The molecular weight excluding hydrogens is 455 g/mol. The molecule has 2 aliphatic rings. The van der Waals surface area contributed by atoms with Crippen molar-refractivity contribution in [2.24, 2.45) is 0 Å².